The Bertz CT molecular complexity index is 1260. The van der Waals surface area contributed by atoms with Gasteiger partial charge >= 0.3 is 0 Å². The molecule has 3 aromatic carbocycles. The number of amides is 1. The van der Waals surface area contributed by atoms with Crippen molar-refractivity contribution in [1.29, 1.82) is 0 Å². The number of benzene rings is 3. The number of carbonyl (C=O) groups is 2. The molecule has 0 bridgehead atoms. The maximum absolute atomic E-state index is 13.4. The Kier molecular flexibility index (Phi) is 7.20. The van der Waals surface area contributed by atoms with Gasteiger partial charge in [-0.2, -0.15) is 0 Å². The van der Waals surface area contributed by atoms with Gasteiger partial charge in [-0.05, 0) is 61.7 Å². The number of Topliss-reactive ketones (excluding diaryl/α,β-unsaturated/α-hetero) is 1. The average Bonchev–Trinajstić information content (AvgIpc) is 3.13. The van der Waals surface area contributed by atoms with Gasteiger partial charge in [-0.1, -0.05) is 49.4 Å². The molecule has 1 saturated heterocycles. The molecule has 0 spiro atoms. The number of aliphatic hydroxyl groups is 1. The minimum Gasteiger partial charge on any atom is -0.507 e. The van der Waals surface area contributed by atoms with E-state index in [2.05, 4.69) is 0 Å². The summed E-state index contributed by atoms with van der Waals surface area (Å²) in [5.41, 5.74) is 2.61. The zero-order valence-corrected chi connectivity index (χ0v) is 20.2. The summed E-state index contributed by atoms with van der Waals surface area (Å²) in [4.78, 5) is 28.2. The Balaban J connectivity index is 1.88. The van der Waals surface area contributed by atoms with Gasteiger partial charge in [-0.25, -0.2) is 0 Å². The molecule has 1 unspecified atom stereocenters. The number of carbonyl (C=O) groups excluding carboxylic acids is 2. The molecule has 1 aliphatic heterocycles. The van der Waals surface area contributed by atoms with Crippen LogP contribution in [0.25, 0.3) is 5.76 Å². The molecule has 1 amide bonds. The predicted molar refractivity (Wildman–Crippen MR) is 136 cm³/mol. The second-order valence-corrected chi connectivity index (χ2v) is 8.33. The molecule has 6 heteroatoms. The van der Waals surface area contributed by atoms with Crippen LogP contribution in [0.4, 0.5) is 5.69 Å². The van der Waals surface area contributed by atoms with E-state index in [1.807, 2.05) is 51.1 Å². The Morgan fingerprint density at radius 1 is 0.914 bits per heavy atom. The van der Waals surface area contributed by atoms with Crippen LogP contribution in [0.1, 0.15) is 43.0 Å². The summed E-state index contributed by atoms with van der Waals surface area (Å²) >= 11 is 0. The van der Waals surface area contributed by atoms with Crippen molar-refractivity contribution in [3.8, 4) is 11.5 Å². The number of rotatable bonds is 8. The molecule has 0 aliphatic carbocycles. The lowest BCUT2D eigenvalue weighted by Gasteiger charge is -2.27. The number of ether oxygens (including phenoxy) is 2. The van der Waals surface area contributed by atoms with Gasteiger partial charge in [0, 0.05) is 11.3 Å². The first kappa shape index (κ1) is 24.1. The van der Waals surface area contributed by atoms with Crippen molar-refractivity contribution in [2.75, 3.05) is 18.1 Å². The highest BCUT2D eigenvalue weighted by molar-refractivity contribution is 6.51. The van der Waals surface area contributed by atoms with Crippen LogP contribution in [0.3, 0.4) is 0 Å². The van der Waals surface area contributed by atoms with E-state index in [0.717, 1.165) is 12.0 Å². The number of nitrogens with zero attached hydrogens (tertiary/aromatic N) is 1. The van der Waals surface area contributed by atoms with Gasteiger partial charge in [0.2, 0.25) is 0 Å². The molecule has 1 aliphatic rings. The van der Waals surface area contributed by atoms with Crippen LogP contribution in [0.15, 0.2) is 78.4 Å². The number of para-hydroxylation sites is 1. The molecule has 1 heterocycles. The number of hydrogen-bond donors (Lipinski definition) is 1. The van der Waals surface area contributed by atoms with Crippen LogP contribution < -0.4 is 14.4 Å². The summed E-state index contributed by atoms with van der Waals surface area (Å²) in [7, 11) is 0. The summed E-state index contributed by atoms with van der Waals surface area (Å²) in [6, 6.07) is 20.8. The quantitative estimate of drug-likeness (QED) is 0.255. The minimum absolute atomic E-state index is 0.0371. The van der Waals surface area contributed by atoms with Crippen molar-refractivity contribution in [3.05, 3.63) is 95.1 Å². The third-order valence-corrected chi connectivity index (χ3v) is 5.91. The first-order chi connectivity index (χ1) is 17.0. The number of aliphatic hydroxyl groups excluding tert-OH is 1. The van der Waals surface area contributed by atoms with Crippen molar-refractivity contribution in [3.63, 3.8) is 0 Å². The Morgan fingerprint density at radius 2 is 1.66 bits per heavy atom. The van der Waals surface area contributed by atoms with Gasteiger partial charge in [0.15, 0.2) is 0 Å². The zero-order valence-electron chi connectivity index (χ0n) is 20.2. The highest BCUT2D eigenvalue weighted by Gasteiger charge is 2.47. The lowest BCUT2D eigenvalue weighted by atomic mass is 9.94. The first-order valence-corrected chi connectivity index (χ1v) is 11.8. The SMILES string of the molecule is CCCOc1cccc(/C(O)=C2/C(=O)C(=O)N(c3ccccc3C)C2c2ccc(OCC)cc2)c1. The number of aryl methyl sites for hydroxylation is 1. The second-order valence-electron chi connectivity index (χ2n) is 8.33. The Morgan fingerprint density at radius 3 is 2.34 bits per heavy atom. The summed E-state index contributed by atoms with van der Waals surface area (Å²) in [5.74, 6) is -0.380. The fraction of sp³-hybridized carbons (Fsp3) is 0.241. The first-order valence-electron chi connectivity index (χ1n) is 11.8. The molecule has 0 saturated carbocycles. The number of ketones is 1. The molecular formula is C29H29NO5. The van der Waals surface area contributed by atoms with E-state index in [-0.39, 0.29) is 11.3 Å². The van der Waals surface area contributed by atoms with Gasteiger partial charge in [0.25, 0.3) is 11.7 Å². The molecule has 180 valence electrons. The van der Waals surface area contributed by atoms with Gasteiger partial charge in [0.05, 0.1) is 24.8 Å². The molecule has 3 aromatic rings. The molecule has 1 atom stereocenters. The second kappa shape index (κ2) is 10.5. The molecule has 1 N–H and O–H groups in total. The molecular weight excluding hydrogens is 442 g/mol. The Labute approximate surface area is 205 Å². The molecule has 0 aromatic heterocycles. The third kappa shape index (κ3) is 4.78. The zero-order chi connectivity index (χ0) is 24.9. The molecule has 0 radical (unpaired) electrons. The van der Waals surface area contributed by atoms with Crippen molar-refractivity contribution in [1.82, 2.24) is 0 Å². The van der Waals surface area contributed by atoms with Crippen molar-refractivity contribution >= 4 is 23.1 Å². The maximum Gasteiger partial charge on any atom is 0.300 e. The van der Waals surface area contributed by atoms with E-state index < -0.39 is 17.7 Å². The van der Waals surface area contributed by atoms with Crippen molar-refractivity contribution < 1.29 is 24.2 Å². The van der Waals surface area contributed by atoms with E-state index in [1.165, 1.54) is 4.90 Å². The van der Waals surface area contributed by atoms with Crippen LogP contribution in [0, 0.1) is 6.92 Å². The van der Waals surface area contributed by atoms with Gasteiger partial charge in [0.1, 0.15) is 17.3 Å². The van der Waals surface area contributed by atoms with E-state index in [4.69, 9.17) is 9.47 Å². The smallest absolute Gasteiger partial charge is 0.300 e. The summed E-state index contributed by atoms with van der Waals surface area (Å²) in [6.45, 7) is 6.86. The monoisotopic (exact) mass is 471 g/mol. The standard InChI is InChI=1S/C29H29NO5/c1-4-17-35-23-11-8-10-21(18-23)27(31)25-26(20-13-15-22(16-14-20)34-5-2)30(29(33)28(25)32)24-12-7-6-9-19(24)3/h6-16,18,26,31H,4-5,17H2,1-3H3/b27-25-. The van der Waals surface area contributed by atoms with Crippen molar-refractivity contribution in [2.24, 2.45) is 0 Å². The summed E-state index contributed by atoms with van der Waals surface area (Å²) in [6.07, 6.45) is 0.843. The van der Waals surface area contributed by atoms with Crippen molar-refractivity contribution in [2.45, 2.75) is 33.2 Å². The summed E-state index contributed by atoms with van der Waals surface area (Å²) in [5, 5.41) is 11.4. The molecule has 35 heavy (non-hydrogen) atoms. The highest BCUT2D eigenvalue weighted by Crippen LogP contribution is 2.43. The predicted octanol–water partition coefficient (Wildman–Crippen LogP) is 5.81. The van der Waals surface area contributed by atoms with Crippen LogP contribution in [0.5, 0.6) is 11.5 Å². The van der Waals surface area contributed by atoms with Gasteiger partial charge in [-0.3, -0.25) is 14.5 Å². The van der Waals surface area contributed by atoms with Crippen LogP contribution >= 0.6 is 0 Å². The van der Waals surface area contributed by atoms with E-state index in [9.17, 15) is 14.7 Å². The fourth-order valence-corrected chi connectivity index (χ4v) is 4.25. The topological polar surface area (TPSA) is 76.1 Å². The third-order valence-electron chi connectivity index (χ3n) is 5.91. The maximum atomic E-state index is 13.4. The average molecular weight is 472 g/mol. The van der Waals surface area contributed by atoms with Crippen LogP contribution in [-0.2, 0) is 9.59 Å². The van der Waals surface area contributed by atoms with E-state index in [1.54, 1.807) is 42.5 Å². The lowest BCUT2D eigenvalue weighted by molar-refractivity contribution is -0.132. The van der Waals surface area contributed by atoms with Crippen LogP contribution in [0.2, 0.25) is 0 Å². The Hall–Kier alpha value is -4.06. The highest BCUT2D eigenvalue weighted by atomic mass is 16.5. The largest absolute Gasteiger partial charge is 0.507 e. The minimum atomic E-state index is -0.799. The van der Waals surface area contributed by atoms with E-state index in [0.29, 0.717) is 41.5 Å². The summed E-state index contributed by atoms with van der Waals surface area (Å²) < 4.78 is 11.3. The molecule has 1 fully saturated rings. The van der Waals surface area contributed by atoms with Crippen LogP contribution in [-0.4, -0.2) is 30.0 Å². The number of anilines is 1. The fourth-order valence-electron chi connectivity index (χ4n) is 4.25. The van der Waals surface area contributed by atoms with Gasteiger partial charge < -0.3 is 14.6 Å². The normalized spacial score (nSPS) is 17.0. The molecule has 4 rings (SSSR count). The van der Waals surface area contributed by atoms with E-state index >= 15 is 0 Å². The molecule has 6 nitrogen and oxygen atoms in total. The lowest BCUT2D eigenvalue weighted by Crippen LogP contribution is -2.30. The van der Waals surface area contributed by atoms with Gasteiger partial charge in [-0.15, -0.1) is 0 Å². The number of hydrogen-bond acceptors (Lipinski definition) is 5.